The van der Waals surface area contributed by atoms with Gasteiger partial charge >= 0.3 is 0 Å². The number of aliphatic hydroxyl groups is 1. The van der Waals surface area contributed by atoms with Crippen molar-refractivity contribution in [3.8, 4) is 17.6 Å². The highest BCUT2D eigenvalue weighted by atomic mass is 35.5. The zero-order chi connectivity index (χ0) is 13.7. The summed E-state index contributed by atoms with van der Waals surface area (Å²) in [6.07, 6.45) is 0. The third kappa shape index (κ3) is 3.97. The first-order valence-electron chi connectivity index (χ1n) is 5.44. The summed E-state index contributed by atoms with van der Waals surface area (Å²) in [5.41, 5.74) is 0.842. The monoisotopic (exact) mass is 296 g/mol. The molecule has 1 N–H and O–H groups in total. The second-order valence-corrected chi connectivity index (χ2v) is 5.03. The van der Waals surface area contributed by atoms with Crippen molar-refractivity contribution in [1.82, 2.24) is 0 Å². The van der Waals surface area contributed by atoms with Crippen LogP contribution in [0.15, 0.2) is 29.6 Å². The third-order valence-corrected chi connectivity index (χ3v) is 3.44. The Kier molecular flexibility index (Phi) is 4.80. The van der Waals surface area contributed by atoms with Gasteiger partial charge in [0.25, 0.3) is 0 Å². The molecular weight excluding hydrogens is 287 g/mol. The molecule has 0 aliphatic rings. The summed E-state index contributed by atoms with van der Waals surface area (Å²) in [6.45, 7) is 0.211. The first-order chi connectivity index (χ1) is 9.19. The van der Waals surface area contributed by atoms with Crippen LogP contribution in [0, 0.1) is 17.7 Å². The van der Waals surface area contributed by atoms with Gasteiger partial charge in [-0.3, -0.25) is 0 Å². The topological polar surface area (TPSA) is 29.5 Å². The zero-order valence-corrected chi connectivity index (χ0v) is 11.4. The first-order valence-corrected chi connectivity index (χ1v) is 6.70. The van der Waals surface area contributed by atoms with Gasteiger partial charge in [0.2, 0.25) is 0 Å². The molecule has 5 heteroatoms. The lowest BCUT2D eigenvalue weighted by molar-refractivity contribution is 0.309. The van der Waals surface area contributed by atoms with Gasteiger partial charge in [0.05, 0.1) is 5.02 Å². The fourth-order valence-electron chi connectivity index (χ4n) is 1.38. The van der Waals surface area contributed by atoms with Crippen molar-refractivity contribution in [3.63, 3.8) is 0 Å². The average molecular weight is 297 g/mol. The SMILES string of the molecule is OCC#Cc1csc(COc2ccc(F)c(Cl)c2)c1. The minimum absolute atomic E-state index is 0.0400. The lowest BCUT2D eigenvalue weighted by atomic mass is 10.3. The van der Waals surface area contributed by atoms with E-state index in [0.717, 1.165) is 10.4 Å². The molecule has 0 unspecified atom stereocenters. The van der Waals surface area contributed by atoms with Crippen LogP contribution in [0.2, 0.25) is 5.02 Å². The van der Waals surface area contributed by atoms with Gasteiger partial charge in [-0.1, -0.05) is 23.4 Å². The molecular formula is C14H10ClFO2S. The van der Waals surface area contributed by atoms with E-state index in [1.165, 1.54) is 29.5 Å². The molecule has 0 radical (unpaired) electrons. The fourth-order valence-corrected chi connectivity index (χ4v) is 2.28. The Hall–Kier alpha value is -1.54. The number of halogens is 2. The second kappa shape index (κ2) is 6.58. The molecule has 98 valence electrons. The van der Waals surface area contributed by atoms with Crippen LogP contribution >= 0.6 is 22.9 Å². The van der Waals surface area contributed by atoms with Gasteiger partial charge in [0.1, 0.15) is 24.8 Å². The molecule has 0 bridgehead atoms. The summed E-state index contributed by atoms with van der Waals surface area (Å²) in [5, 5.41) is 10.5. The Labute approximate surface area is 119 Å². The molecule has 1 aromatic carbocycles. The van der Waals surface area contributed by atoms with Crippen LogP contribution in [0.1, 0.15) is 10.4 Å². The number of hydrogen-bond donors (Lipinski definition) is 1. The predicted molar refractivity (Wildman–Crippen MR) is 74.0 cm³/mol. The summed E-state index contributed by atoms with van der Waals surface area (Å²) in [6, 6.07) is 6.13. The van der Waals surface area contributed by atoms with E-state index in [1.54, 1.807) is 0 Å². The van der Waals surface area contributed by atoms with Gasteiger partial charge in [-0.25, -0.2) is 4.39 Å². The Bertz CT molecular complexity index is 628. The quantitative estimate of drug-likeness (QED) is 0.879. The van der Waals surface area contributed by atoms with Crippen LogP contribution in [0.3, 0.4) is 0 Å². The van der Waals surface area contributed by atoms with E-state index in [4.69, 9.17) is 21.4 Å². The Morgan fingerprint density at radius 3 is 2.95 bits per heavy atom. The van der Waals surface area contributed by atoms with Gasteiger partial charge in [-0.15, -0.1) is 11.3 Å². The number of ether oxygens (including phenoxy) is 1. The van der Waals surface area contributed by atoms with Crippen molar-refractivity contribution in [2.45, 2.75) is 6.61 Å². The summed E-state index contributed by atoms with van der Waals surface area (Å²) < 4.78 is 18.5. The molecule has 2 nitrogen and oxygen atoms in total. The molecule has 2 aromatic rings. The van der Waals surface area contributed by atoms with E-state index < -0.39 is 5.82 Å². The van der Waals surface area contributed by atoms with E-state index in [-0.39, 0.29) is 11.6 Å². The van der Waals surface area contributed by atoms with Crippen LogP contribution in [-0.4, -0.2) is 11.7 Å². The number of thiophene rings is 1. The lowest BCUT2D eigenvalue weighted by Gasteiger charge is -2.04. The molecule has 0 atom stereocenters. The average Bonchev–Trinajstić information content (AvgIpc) is 2.86. The molecule has 0 amide bonds. The van der Waals surface area contributed by atoms with Gasteiger partial charge in [-0.05, 0) is 18.2 Å². The van der Waals surface area contributed by atoms with Crippen molar-refractivity contribution in [2.75, 3.05) is 6.61 Å². The maximum Gasteiger partial charge on any atom is 0.142 e. The fraction of sp³-hybridized carbons (Fsp3) is 0.143. The van der Waals surface area contributed by atoms with E-state index in [9.17, 15) is 4.39 Å². The lowest BCUT2D eigenvalue weighted by Crippen LogP contribution is -1.93. The number of aliphatic hydroxyl groups excluding tert-OH is 1. The van der Waals surface area contributed by atoms with Crippen LogP contribution in [-0.2, 0) is 6.61 Å². The van der Waals surface area contributed by atoms with E-state index in [0.29, 0.717) is 12.4 Å². The van der Waals surface area contributed by atoms with Crippen molar-refractivity contribution >= 4 is 22.9 Å². The molecule has 0 aliphatic heterocycles. The van der Waals surface area contributed by atoms with E-state index in [2.05, 4.69) is 11.8 Å². The summed E-state index contributed by atoms with van der Waals surface area (Å²) >= 11 is 7.17. The standard InChI is InChI=1S/C14H10ClFO2S/c15-13-7-11(3-4-14(13)16)18-8-12-6-10(9-19-12)2-1-5-17/h3-4,6-7,9,17H,5,8H2. The first kappa shape index (κ1) is 13.9. The normalized spacial score (nSPS) is 9.84. The highest BCUT2D eigenvalue weighted by Crippen LogP contribution is 2.23. The van der Waals surface area contributed by atoms with Gasteiger partial charge in [0, 0.05) is 21.9 Å². The molecule has 0 aliphatic carbocycles. The zero-order valence-electron chi connectivity index (χ0n) is 9.82. The summed E-state index contributed by atoms with van der Waals surface area (Å²) in [4.78, 5) is 0.989. The molecule has 2 rings (SSSR count). The largest absolute Gasteiger partial charge is 0.488 e. The number of hydrogen-bond acceptors (Lipinski definition) is 3. The smallest absolute Gasteiger partial charge is 0.142 e. The Morgan fingerprint density at radius 2 is 2.21 bits per heavy atom. The van der Waals surface area contributed by atoms with Crippen LogP contribution < -0.4 is 4.74 Å². The molecule has 1 heterocycles. The highest BCUT2D eigenvalue weighted by Gasteiger charge is 2.03. The van der Waals surface area contributed by atoms with Crippen LogP contribution in [0.4, 0.5) is 4.39 Å². The summed E-state index contributed by atoms with van der Waals surface area (Å²) in [7, 11) is 0. The van der Waals surface area contributed by atoms with Gasteiger partial charge in [-0.2, -0.15) is 0 Å². The third-order valence-electron chi connectivity index (χ3n) is 2.24. The van der Waals surface area contributed by atoms with Crippen LogP contribution in [0.25, 0.3) is 0 Å². The minimum Gasteiger partial charge on any atom is -0.488 e. The molecule has 0 saturated carbocycles. The predicted octanol–water partition coefficient (Wildman–Crippen LogP) is 3.46. The second-order valence-electron chi connectivity index (χ2n) is 3.63. The maximum absolute atomic E-state index is 13.0. The van der Waals surface area contributed by atoms with E-state index in [1.807, 2.05) is 11.4 Å². The molecule has 0 fully saturated rings. The van der Waals surface area contributed by atoms with Gasteiger partial charge in [0.15, 0.2) is 0 Å². The van der Waals surface area contributed by atoms with Crippen LogP contribution in [0.5, 0.6) is 5.75 Å². The Morgan fingerprint density at radius 1 is 1.37 bits per heavy atom. The summed E-state index contributed by atoms with van der Waals surface area (Å²) in [5.74, 6) is 5.44. The van der Waals surface area contributed by atoms with Crippen molar-refractivity contribution in [3.05, 3.63) is 50.9 Å². The molecule has 0 saturated heterocycles. The maximum atomic E-state index is 13.0. The number of benzene rings is 1. The molecule has 0 spiro atoms. The Balaban J connectivity index is 1.98. The van der Waals surface area contributed by atoms with E-state index >= 15 is 0 Å². The number of rotatable bonds is 3. The van der Waals surface area contributed by atoms with Crippen molar-refractivity contribution in [2.24, 2.45) is 0 Å². The van der Waals surface area contributed by atoms with Crippen molar-refractivity contribution < 1.29 is 14.2 Å². The molecule has 1 aromatic heterocycles. The van der Waals surface area contributed by atoms with Crippen molar-refractivity contribution in [1.29, 1.82) is 0 Å². The van der Waals surface area contributed by atoms with Gasteiger partial charge < -0.3 is 9.84 Å². The minimum atomic E-state index is -0.466. The molecule has 19 heavy (non-hydrogen) atoms. The highest BCUT2D eigenvalue weighted by molar-refractivity contribution is 7.10.